The number of likely N-dealkylation sites (tertiary alicyclic amines) is 1. The summed E-state index contributed by atoms with van der Waals surface area (Å²) in [5.74, 6) is 0. The number of anilines is 1. The number of hydrogen-bond acceptors (Lipinski definition) is 2. The summed E-state index contributed by atoms with van der Waals surface area (Å²) in [7, 11) is 1.97. The number of hydrogen-bond donors (Lipinski definition) is 1. The van der Waals surface area contributed by atoms with Crippen molar-refractivity contribution >= 4 is 17.3 Å². The molecule has 1 fully saturated rings. The molecule has 2 nitrogen and oxygen atoms in total. The lowest BCUT2D eigenvalue weighted by Gasteiger charge is -2.35. The van der Waals surface area contributed by atoms with Crippen LogP contribution < -0.4 is 5.32 Å². The average Bonchev–Trinajstić information content (AvgIpc) is 2.72. The molecule has 1 aliphatic heterocycles. The highest BCUT2D eigenvalue weighted by Crippen LogP contribution is 2.36. The second-order valence-corrected chi connectivity index (χ2v) is 7.86. The van der Waals surface area contributed by atoms with Gasteiger partial charge in [-0.2, -0.15) is 0 Å². The zero-order valence-corrected chi connectivity index (χ0v) is 19.1. The standard InChI is InChI=1S/C27H36N2/c1-10-18(3)16-21(6)23(8)29-15-14-19(4)26(17-29)22(7)25-13-12-20(5)27(28-9)24(25)11-2/h10-13,16,28H,2,4,8,14-15,17H2,1,3,5-7,9H3/b18-10-,21-16-,26-22+. The maximum Gasteiger partial charge on any atom is 0.0446 e. The van der Waals surface area contributed by atoms with Crippen molar-refractivity contribution in [3.05, 3.63) is 88.7 Å². The highest BCUT2D eigenvalue weighted by atomic mass is 15.1. The van der Waals surface area contributed by atoms with Crippen LogP contribution in [0.4, 0.5) is 5.69 Å². The van der Waals surface area contributed by atoms with Gasteiger partial charge in [-0.05, 0) is 74.5 Å². The highest BCUT2D eigenvalue weighted by molar-refractivity contribution is 5.84. The van der Waals surface area contributed by atoms with Gasteiger partial charge in [0.05, 0.1) is 0 Å². The zero-order valence-electron chi connectivity index (χ0n) is 19.1. The second kappa shape index (κ2) is 9.65. The third kappa shape index (κ3) is 4.82. The monoisotopic (exact) mass is 388 g/mol. The first-order chi connectivity index (χ1) is 13.7. The zero-order chi connectivity index (χ0) is 21.7. The molecule has 1 aliphatic rings. The molecule has 154 valence electrons. The Morgan fingerprint density at radius 2 is 1.90 bits per heavy atom. The van der Waals surface area contributed by atoms with E-state index in [-0.39, 0.29) is 0 Å². The molecule has 2 rings (SSSR count). The van der Waals surface area contributed by atoms with Crippen LogP contribution >= 0.6 is 0 Å². The smallest absolute Gasteiger partial charge is 0.0446 e. The lowest BCUT2D eigenvalue weighted by molar-refractivity contribution is 0.365. The Bertz CT molecular complexity index is 922. The van der Waals surface area contributed by atoms with Crippen molar-refractivity contribution in [3.63, 3.8) is 0 Å². The molecule has 29 heavy (non-hydrogen) atoms. The molecular weight excluding hydrogens is 352 g/mol. The van der Waals surface area contributed by atoms with Gasteiger partial charge >= 0.3 is 0 Å². The molecular formula is C27H36N2. The molecule has 1 N–H and O–H groups in total. The molecule has 0 radical (unpaired) electrons. The van der Waals surface area contributed by atoms with E-state index >= 15 is 0 Å². The average molecular weight is 389 g/mol. The van der Waals surface area contributed by atoms with E-state index in [1.54, 1.807) is 0 Å². The van der Waals surface area contributed by atoms with Gasteiger partial charge in [0, 0.05) is 37.1 Å². The van der Waals surface area contributed by atoms with Gasteiger partial charge < -0.3 is 10.2 Å². The van der Waals surface area contributed by atoms with Gasteiger partial charge in [-0.25, -0.2) is 0 Å². The van der Waals surface area contributed by atoms with Crippen LogP contribution in [0, 0.1) is 6.92 Å². The fourth-order valence-electron chi connectivity index (χ4n) is 3.94. The molecule has 0 amide bonds. The van der Waals surface area contributed by atoms with E-state index in [2.05, 4.69) is 88.9 Å². The molecule has 0 saturated carbocycles. The Kier molecular flexibility index (Phi) is 7.50. The van der Waals surface area contributed by atoms with Crippen LogP contribution in [0.3, 0.4) is 0 Å². The molecule has 0 aromatic heterocycles. The van der Waals surface area contributed by atoms with E-state index in [1.807, 2.05) is 13.1 Å². The number of rotatable bonds is 6. The van der Waals surface area contributed by atoms with E-state index < -0.39 is 0 Å². The minimum Gasteiger partial charge on any atom is -0.387 e. The van der Waals surface area contributed by atoms with Crippen molar-refractivity contribution < 1.29 is 0 Å². The largest absolute Gasteiger partial charge is 0.387 e. The lowest BCUT2D eigenvalue weighted by atomic mass is 9.88. The van der Waals surface area contributed by atoms with Crippen molar-refractivity contribution in [2.45, 2.75) is 41.0 Å². The van der Waals surface area contributed by atoms with Gasteiger partial charge in [-0.3, -0.25) is 0 Å². The lowest BCUT2D eigenvalue weighted by Crippen LogP contribution is -2.32. The molecule has 1 heterocycles. The summed E-state index contributed by atoms with van der Waals surface area (Å²) < 4.78 is 0. The quantitative estimate of drug-likeness (QED) is 0.521. The summed E-state index contributed by atoms with van der Waals surface area (Å²) in [5.41, 5.74) is 12.1. The number of benzene rings is 1. The molecule has 0 aliphatic carbocycles. The summed E-state index contributed by atoms with van der Waals surface area (Å²) >= 11 is 0. The van der Waals surface area contributed by atoms with Crippen molar-refractivity contribution in [3.8, 4) is 0 Å². The van der Waals surface area contributed by atoms with Crippen LogP contribution in [0.5, 0.6) is 0 Å². The molecule has 2 heteroatoms. The first-order valence-electron chi connectivity index (χ1n) is 10.3. The second-order valence-electron chi connectivity index (χ2n) is 7.86. The van der Waals surface area contributed by atoms with Crippen molar-refractivity contribution in [2.75, 3.05) is 25.5 Å². The van der Waals surface area contributed by atoms with Gasteiger partial charge in [0.2, 0.25) is 0 Å². The van der Waals surface area contributed by atoms with Crippen LogP contribution in [0.1, 0.15) is 50.8 Å². The Labute approximate surface area is 177 Å². The van der Waals surface area contributed by atoms with Crippen molar-refractivity contribution in [1.29, 1.82) is 0 Å². The fraction of sp³-hybridized carbons (Fsp3) is 0.333. The van der Waals surface area contributed by atoms with Gasteiger partial charge in [0.25, 0.3) is 0 Å². The number of allylic oxidation sites excluding steroid dienone is 5. The summed E-state index contributed by atoms with van der Waals surface area (Å²) in [6.07, 6.45) is 7.23. The third-order valence-electron chi connectivity index (χ3n) is 5.96. The summed E-state index contributed by atoms with van der Waals surface area (Å²) in [5, 5.41) is 3.34. The Morgan fingerprint density at radius 3 is 2.48 bits per heavy atom. The van der Waals surface area contributed by atoms with E-state index in [1.165, 1.54) is 39.0 Å². The summed E-state index contributed by atoms with van der Waals surface area (Å²) in [4.78, 5) is 2.38. The normalized spacial score (nSPS) is 17.3. The van der Waals surface area contributed by atoms with Crippen molar-refractivity contribution in [2.24, 2.45) is 0 Å². The van der Waals surface area contributed by atoms with Gasteiger partial charge in [-0.1, -0.05) is 55.7 Å². The molecule has 0 atom stereocenters. The van der Waals surface area contributed by atoms with Crippen LogP contribution in [-0.2, 0) is 0 Å². The third-order valence-corrected chi connectivity index (χ3v) is 5.96. The first kappa shape index (κ1) is 22.5. The molecule has 1 aromatic carbocycles. The molecule has 0 unspecified atom stereocenters. The molecule has 0 bridgehead atoms. The molecule has 1 aromatic rings. The first-order valence-corrected chi connectivity index (χ1v) is 10.3. The summed E-state index contributed by atoms with van der Waals surface area (Å²) in [6.45, 7) is 25.3. The van der Waals surface area contributed by atoms with Crippen LogP contribution in [-0.4, -0.2) is 25.0 Å². The minimum absolute atomic E-state index is 0.836. The van der Waals surface area contributed by atoms with Crippen LogP contribution in [0.25, 0.3) is 11.6 Å². The topological polar surface area (TPSA) is 15.3 Å². The highest BCUT2D eigenvalue weighted by Gasteiger charge is 2.22. The molecule has 0 spiro atoms. The van der Waals surface area contributed by atoms with Crippen LogP contribution in [0.15, 0.2) is 72.0 Å². The maximum absolute atomic E-state index is 4.38. The minimum atomic E-state index is 0.836. The summed E-state index contributed by atoms with van der Waals surface area (Å²) in [6, 6.07) is 4.38. The number of nitrogens with zero attached hydrogens (tertiary/aromatic N) is 1. The predicted octanol–water partition coefficient (Wildman–Crippen LogP) is 7.14. The van der Waals surface area contributed by atoms with E-state index in [0.717, 1.165) is 36.5 Å². The number of aryl methyl sites for hydroxylation is 1. The Balaban J connectivity index is 2.46. The van der Waals surface area contributed by atoms with Crippen LogP contribution in [0.2, 0.25) is 0 Å². The Hall–Kier alpha value is -2.74. The van der Waals surface area contributed by atoms with Gasteiger partial charge in [0.15, 0.2) is 0 Å². The molecule has 1 saturated heterocycles. The van der Waals surface area contributed by atoms with E-state index in [9.17, 15) is 0 Å². The Morgan fingerprint density at radius 1 is 1.21 bits per heavy atom. The predicted molar refractivity (Wildman–Crippen MR) is 131 cm³/mol. The number of nitrogens with one attached hydrogen (secondary N) is 1. The number of piperidine rings is 1. The van der Waals surface area contributed by atoms with Crippen molar-refractivity contribution in [1.82, 2.24) is 4.90 Å². The van der Waals surface area contributed by atoms with Gasteiger partial charge in [0.1, 0.15) is 0 Å². The maximum atomic E-state index is 4.38. The fourth-order valence-corrected chi connectivity index (χ4v) is 3.94. The van der Waals surface area contributed by atoms with Gasteiger partial charge in [-0.15, -0.1) is 0 Å². The van der Waals surface area contributed by atoms with E-state index in [0.29, 0.717) is 0 Å². The SMILES string of the molecule is C=Cc1c(/C(C)=C2\CN(C(=C)/C(C)=C\C(C)=C/C)CCC2=C)ccc(C)c1NC. The van der Waals surface area contributed by atoms with E-state index in [4.69, 9.17) is 0 Å².